The first-order valence-electron chi connectivity index (χ1n) is 20.1. The number of ketones is 1. The Hall–Kier alpha value is -7.12. The number of aromatic nitrogens is 2. The van der Waals surface area contributed by atoms with Gasteiger partial charge in [-0.05, 0) is 89.2 Å². The lowest BCUT2D eigenvalue weighted by molar-refractivity contribution is 0.0993. The van der Waals surface area contributed by atoms with Crippen molar-refractivity contribution in [2.75, 3.05) is 31.4 Å². The third kappa shape index (κ3) is 13.7. The highest BCUT2D eigenvalue weighted by atomic mass is 35.5. The van der Waals surface area contributed by atoms with Gasteiger partial charge >= 0.3 is 12.1 Å². The first kappa shape index (κ1) is 46.9. The van der Waals surface area contributed by atoms with Crippen molar-refractivity contribution >= 4 is 40.8 Å². The molecule has 0 aliphatic rings. The van der Waals surface area contributed by atoms with Crippen LogP contribution in [-0.4, -0.2) is 48.6 Å². The number of anilines is 2. The number of amides is 4. The first-order valence-corrected chi connectivity index (χ1v) is 20.5. The van der Waals surface area contributed by atoms with Crippen LogP contribution in [0.1, 0.15) is 68.6 Å². The highest BCUT2D eigenvalue weighted by molar-refractivity contribution is 6.32. The second-order valence-electron chi connectivity index (χ2n) is 16.1. The molecule has 2 aromatic heterocycles. The molecule has 0 atom stereocenters. The molecule has 0 aliphatic carbocycles. The van der Waals surface area contributed by atoms with Crippen LogP contribution in [0.3, 0.4) is 0 Å². The van der Waals surface area contributed by atoms with Crippen LogP contribution in [0.2, 0.25) is 5.02 Å². The van der Waals surface area contributed by atoms with Crippen LogP contribution in [-0.2, 0) is 17.4 Å². The van der Waals surface area contributed by atoms with Gasteiger partial charge in [0.05, 0.1) is 25.8 Å². The molecule has 14 heteroatoms. The molecule has 6 rings (SSSR count). The molecule has 0 saturated heterocycles. The highest BCUT2D eigenvalue weighted by Crippen LogP contribution is 2.37. The summed E-state index contributed by atoms with van der Waals surface area (Å²) < 4.78 is 22.4. The molecule has 6 aromatic rings. The number of Topliss-reactive ketones (excluding diaryl/α,β-unsaturated/α-hetero) is 1. The summed E-state index contributed by atoms with van der Waals surface area (Å²) in [4.78, 5) is 45.8. The summed E-state index contributed by atoms with van der Waals surface area (Å²) >= 11 is 6.14. The number of methoxy groups -OCH3 is 2. The summed E-state index contributed by atoms with van der Waals surface area (Å²) in [5.74, 6) is 2.97. The Bertz CT molecular complexity index is 2500. The SMILES string of the molecule is COc1ccc(C(=O)CNC(=O)Nc2cccnc2Oc2ccccc2C(C)(C)C)cc1.COc1ccc(CNC(=O)Nc2cccnc2Oc2ccccc2C(C)(C)C)cc1Cl. The standard InChI is InChI=1S/C25H27N3O4.C24H26ClN3O3/c1-25(2,3)19-8-5-6-10-22(19)32-23-20(9-7-15-26-23)28-24(30)27-16-21(29)17-11-13-18(31-4)14-12-17;1-24(2,3)17-8-5-6-10-20(17)31-22-19(9-7-13-26-22)28-23(29)27-15-16-11-12-21(30-4)18(25)14-16/h5-15H,16H2,1-4H3,(H2,27,28,30);5-14H,15H2,1-4H3,(H2,27,28,29). The van der Waals surface area contributed by atoms with Gasteiger partial charge in [-0.2, -0.15) is 0 Å². The van der Waals surface area contributed by atoms with Gasteiger partial charge in [0.25, 0.3) is 0 Å². The molecule has 0 fully saturated rings. The molecule has 328 valence electrons. The number of urea groups is 2. The van der Waals surface area contributed by atoms with Gasteiger partial charge in [-0.1, -0.05) is 95.6 Å². The summed E-state index contributed by atoms with van der Waals surface area (Å²) in [5, 5.41) is 11.4. The molecule has 0 radical (unpaired) electrons. The van der Waals surface area contributed by atoms with Crippen molar-refractivity contribution in [3.63, 3.8) is 0 Å². The number of pyridine rings is 2. The largest absolute Gasteiger partial charge is 0.497 e. The third-order valence-electron chi connectivity index (χ3n) is 9.33. The number of carbonyl (C=O) groups excluding carboxylic acids is 3. The van der Waals surface area contributed by atoms with E-state index in [1.54, 1.807) is 87.3 Å². The number of hydrogen-bond donors (Lipinski definition) is 4. The summed E-state index contributed by atoms with van der Waals surface area (Å²) in [6.07, 6.45) is 3.21. The average molecular weight is 873 g/mol. The fraction of sp³-hybridized carbons (Fsp3) is 0.245. The number of benzene rings is 4. The van der Waals surface area contributed by atoms with Crippen molar-refractivity contribution < 1.29 is 33.3 Å². The highest BCUT2D eigenvalue weighted by Gasteiger charge is 2.22. The van der Waals surface area contributed by atoms with Gasteiger partial charge in [-0.25, -0.2) is 19.6 Å². The molecule has 13 nitrogen and oxygen atoms in total. The molecular formula is C49H53ClN6O7. The van der Waals surface area contributed by atoms with Crippen LogP contribution in [0.5, 0.6) is 34.8 Å². The Morgan fingerprint density at radius 2 is 1.10 bits per heavy atom. The van der Waals surface area contributed by atoms with Crippen molar-refractivity contribution in [3.05, 3.63) is 155 Å². The minimum absolute atomic E-state index is 0.101. The Kier molecular flexibility index (Phi) is 16.1. The zero-order valence-electron chi connectivity index (χ0n) is 36.7. The average Bonchev–Trinajstić information content (AvgIpc) is 3.26. The van der Waals surface area contributed by atoms with Gasteiger partial charge in [0, 0.05) is 35.6 Å². The molecule has 0 unspecified atom stereocenters. The predicted octanol–water partition coefficient (Wildman–Crippen LogP) is 11.3. The predicted molar refractivity (Wildman–Crippen MR) is 247 cm³/mol. The lowest BCUT2D eigenvalue weighted by atomic mass is 9.86. The maximum absolute atomic E-state index is 12.5. The van der Waals surface area contributed by atoms with E-state index in [9.17, 15) is 14.4 Å². The van der Waals surface area contributed by atoms with Crippen LogP contribution >= 0.6 is 11.6 Å². The van der Waals surface area contributed by atoms with E-state index >= 15 is 0 Å². The number of hydrogen-bond acceptors (Lipinski definition) is 9. The minimum Gasteiger partial charge on any atom is -0.497 e. The molecule has 4 aromatic carbocycles. The van der Waals surface area contributed by atoms with Crippen molar-refractivity contribution in [1.29, 1.82) is 0 Å². The number of halogens is 1. The van der Waals surface area contributed by atoms with Crippen LogP contribution in [0.15, 0.2) is 128 Å². The molecule has 0 bridgehead atoms. The molecule has 0 spiro atoms. The van der Waals surface area contributed by atoms with Crippen molar-refractivity contribution in [2.24, 2.45) is 0 Å². The van der Waals surface area contributed by atoms with Gasteiger partial charge in [-0.3, -0.25) is 4.79 Å². The number of rotatable bonds is 13. The Balaban J connectivity index is 0.000000238. The normalized spacial score (nSPS) is 10.9. The lowest BCUT2D eigenvalue weighted by Crippen LogP contribution is -2.33. The summed E-state index contributed by atoms with van der Waals surface area (Å²) in [7, 11) is 3.11. The third-order valence-corrected chi connectivity index (χ3v) is 9.63. The molecule has 4 N–H and O–H groups in total. The maximum Gasteiger partial charge on any atom is 0.319 e. The second-order valence-corrected chi connectivity index (χ2v) is 16.6. The quantitative estimate of drug-likeness (QED) is 0.0828. The smallest absolute Gasteiger partial charge is 0.319 e. The topological polar surface area (TPSA) is 162 Å². The summed E-state index contributed by atoms with van der Waals surface area (Å²) in [6.45, 7) is 12.8. The van der Waals surface area contributed by atoms with Gasteiger partial charge in [0.15, 0.2) is 5.78 Å². The number of nitrogens with one attached hydrogen (secondary N) is 4. The van der Waals surface area contributed by atoms with Gasteiger partial charge in [0.1, 0.15) is 34.4 Å². The van der Waals surface area contributed by atoms with E-state index in [1.165, 1.54) is 0 Å². The number of ether oxygens (including phenoxy) is 4. The van der Waals surface area contributed by atoms with E-state index in [1.807, 2.05) is 54.6 Å². The Morgan fingerprint density at radius 1 is 0.587 bits per heavy atom. The Labute approximate surface area is 373 Å². The van der Waals surface area contributed by atoms with Crippen LogP contribution in [0.25, 0.3) is 0 Å². The molecule has 63 heavy (non-hydrogen) atoms. The second kappa shape index (κ2) is 21.6. The zero-order chi connectivity index (χ0) is 45.6. The molecule has 0 saturated carbocycles. The zero-order valence-corrected chi connectivity index (χ0v) is 37.4. The maximum atomic E-state index is 12.5. The monoisotopic (exact) mass is 872 g/mol. The van der Waals surface area contributed by atoms with E-state index in [0.717, 1.165) is 16.7 Å². The van der Waals surface area contributed by atoms with E-state index in [-0.39, 0.29) is 35.1 Å². The molecular weight excluding hydrogens is 820 g/mol. The Morgan fingerprint density at radius 3 is 1.57 bits per heavy atom. The molecule has 2 heterocycles. The van der Waals surface area contributed by atoms with Crippen molar-refractivity contribution in [1.82, 2.24) is 20.6 Å². The van der Waals surface area contributed by atoms with Gasteiger partial charge in [0.2, 0.25) is 11.8 Å². The minimum atomic E-state index is -0.534. The fourth-order valence-electron chi connectivity index (χ4n) is 6.07. The van der Waals surface area contributed by atoms with E-state index in [4.69, 9.17) is 30.5 Å². The lowest BCUT2D eigenvalue weighted by Gasteiger charge is -2.22. The molecule has 0 aliphatic heterocycles. The number of para-hydroxylation sites is 2. The van der Waals surface area contributed by atoms with Crippen LogP contribution < -0.4 is 40.2 Å². The van der Waals surface area contributed by atoms with Crippen molar-refractivity contribution in [3.8, 4) is 34.8 Å². The first-order chi connectivity index (χ1) is 30.0. The molecule has 4 amide bonds. The number of nitrogens with zero attached hydrogens (tertiary/aromatic N) is 2. The van der Waals surface area contributed by atoms with Gasteiger partial charge < -0.3 is 40.2 Å². The van der Waals surface area contributed by atoms with Gasteiger partial charge in [-0.15, -0.1) is 0 Å². The fourth-order valence-corrected chi connectivity index (χ4v) is 6.35. The van der Waals surface area contributed by atoms with E-state index in [0.29, 0.717) is 57.4 Å². The van der Waals surface area contributed by atoms with Crippen molar-refractivity contribution in [2.45, 2.75) is 58.9 Å². The van der Waals surface area contributed by atoms with E-state index < -0.39 is 6.03 Å². The van der Waals surface area contributed by atoms with Crippen LogP contribution in [0, 0.1) is 0 Å². The van der Waals surface area contributed by atoms with E-state index in [2.05, 4.69) is 72.8 Å². The number of carbonyl (C=O) groups is 3. The van der Waals surface area contributed by atoms with Crippen LogP contribution in [0.4, 0.5) is 21.0 Å². The summed E-state index contributed by atoms with van der Waals surface area (Å²) in [6, 6.07) is 33.5. The summed E-state index contributed by atoms with van der Waals surface area (Å²) in [5.41, 5.74) is 4.03.